The summed E-state index contributed by atoms with van der Waals surface area (Å²) in [4.78, 5) is 0. The zero-order valence-electron chi connectivity index (χ0n) is 11.0. The predicted molar refractivity (Wildman–Crippen MR) is 89.7 cm³/mol. The van der Waals surface area contributed by atoms with Gasteiger partial charge >= 0.3 is 0 Å². The van der Waals surface area contributed by atoms with Crippen molar-refractivity contribution in [2.24, 2.45) is 21.7 Å². The number of phenols is 1. The highest BCUT2D eigenvalue weighted by Crippen LogP contribution is 2.30. The minimum atomic E-state index is -0.0754. The van der Waals surface area contributed by atoms with Crippen molar-refractivity contribution in [2.45, 2.75) is 0 Å². The van der Waals surface area contributed by atoms with E-state index >= 15 is 0 Å². The molecule has 0 radical (unpaired) electrons. The highest BCUT2D eigenvalue weighted by atomic mass is 32.1. The van der Waals surface area contributed by atoms with Crippen molar-refractivity contribution in [1.82, 2.24) is 10.9 Å². The van der Waals surface area contributed by atoms with Gasteiger partial charge in [-0.2, -0.15) is 10.2 Å². The van der Waals surface area contributed by atoms with Crippen LogP contribution in [0.25, 0.3) is 0 Å². The van der Waals surface area contributed by atoms with E-state index in [2.05, 4.69) is 45.5 Å². The van der Waals surface area contributed by atoms with Crippen molar-refractivity contribution < 1.29 is 9.84 Å². The molecule has 7 N–H and O–H groups in total. The first-order valence-corrected chi connectivity index (χ1v) is 6.33. The Balaban J connectivity index is 3.06. The summed E-state index contributed by atoms with van der Waals surface area (Å²) in [5.74, 6) is 0.177. The smallest absolute Gasteiger partial charge is 0.184 e. The van der Waals surface area contributed by atoms with Crippen LogP contribution in [-0.4, -0.2) is 34.9 Å². The SMILES string of the molecule is COc1c(O)cc(/C=N/NC(N)=S)cc1/C=N/NC(N)=S. The highest BCUT2D eigenvalue weighted by Gasteiger charge is 2.09. The molecule has 1 aromatic carbocycles. The molecule has 8 nitrogen and oxygen atoms in total. The lowest BCUT2D eigenvalue weighted by molar-refractivity contribution is 0.373. The van der Waals surface area contributed by atoms with Gasteiger partial charge in [0.1, 0.15) is 0 Å². The van der Waals surface area contributed by atoms with Crippen LogP contribution in [0.2, 0.25) is 0 Å². The maximum Gasteiger partial charge on any atom is 0.184 e. The average molecular weight is 326 g/mol. The minimum Gasteiger partial charge on any atom is -0.504 e. The van der Waals surface area contributed by atoms with Crippen LogP contribution in [0.3, 0.4) is 0 Å². The van der Waals surface area contributed by atoms with Gasteiger partial charge in [0.05, 0.1) is 19.5 Å². The summed E-state index contributed by atoms with van der Waals surface area (Å²) < 4.78 is 5.10. The van der Waals surface area contributed by atoms with E-state index in [1.165, 1.54) is 25.6 Å². The lowest BCUT2D eigenvalue weighted by Gasteiger charge is -2.08. The number of nitrogens with one attached hydrogen (secondary N) is 2. The molecule has 0 saturated heterocycles. The van der Waals surface area contributed by atoms with Gasteiger partial charge in [-0.1, -0.05) is 0 Å². The van der Waals surface area contributed by atoms with Crippen LogP contribution in [0.1, 0.15) is 11.1 Å². The molecule has 1 rings (SSSR count). The van der Waals surface area contributed by atoms with Crippen LogP contribution in [0.15, 0.2) is 22.3 Å². The van der Waals surface area contributed by atoms with Crippen LogP contribution in [0.4, 0.5) is 0 Å². The van der Waals surface area contributed by atoms with Gasteiger partial charge in [0.25, 0.3) is 0 Å². The fourth-order valence-electron chi connectivity index (χ4n) is 1.39. The maximum absolute atomic E-state index is 9.90. The predicted octanol–water partition coefficient (Wildman–Crippen LogP) is -0.265. The molecule has 0 bridgehead atoms. The Morgan fingerprint density at radius 2 is 1.76 bits per heavy atom. The van der Waals surface area contributed by atoms with Gasteiger partial charge in [-0.15, -0.1) is 0 Å². The van der Waals surface area contributed by atoms with Crippen LogP contribution < -0.4 is 27.1 Å². The van der Waals surface area contributed by atoms with E-state index in [9.17, 15) is 5.11 Å². The quantitative estimate of drug-likeness (QED) is 0.284. The molecule has 0 aliphatic heterocycles. The standard InChI is InChI=1S/C11H14N6O2S2/c1-19-9-7(5-15-17-11(13)21)2-6(3-8(9)18)4-14-16-10(12)20/h2-5,18H,1H3,(H3,12,16,20)(H3,13,17,21)/b14-4+,15-5+. The lowest BCUT2D eigenvalue weighted by atomic mass is 10.1. The topological polar surface area (TPSA) is 130 Å². The zero-order chi connectivity index (χ0) is 15.8. The number of thiocarbonyl (C=S) groups is 2. The minimum absolute atomic E-state index is 0.0211. The second-order valence-electron chi connectivity index (χ2n) is 3.63. The van der Waals surface area contributed by atoms with Crippen molar-refractivity contribution in [2.75, 3.05) is 7.11 Å². The summed E-state index contributed by atoms with van der Waals surface area (Å²) in [5, 5.41) is 17.6. The molecule has 0 amide bonds. The number of nitrogens with two attached hydrogens (primary N) is 2. The molecule has 0 unspecified atom stereocenters. The van der Waals surface area contributed by atoms with Crippen LogP contribution in [-0.2, 0) is 0 Å². The molecule has 0 spiro atoms. The van der Waals surface area contributed by atoms with E-state index < -0.39 is 0 Å². The Bertz CT molecular complexity index is 603. The average Bonchev–Trinajstić information content (AvgIpc) is 2.37. The summed E-state index contributed by atoms with van der Waals surface area (Å²) in [6.45, 7) is 0. The lowest BCUT2D eigenvalue weighted by Crippen LogP contribution is -2.24. The van der Waals surface area contributed by atoms with Crippen molar-refractivity contribution in [3.63, 3.8) is 0 Å². The van der Waals surface area contributed by atoms with Gasteiger partial charge < -0.3 is 21.3 Å². The van der Waals surface area contributed by atoms with Crippen molar-refractivity contribution in [1.29, 1.82) is 0 Å². The fourth-order valence-corrected chi connectivity index (χ4v) is 1.49. The monoisotopic (exact) mass is 326 g/mol. The van der Waals surface area contributed by atoms with E-state index in [0.29, 0.717) is 11.1 Å². The molecular weight excluding hydrogens is 312 g/mol. The van der Waals surface area contributed by atoms with Crippen molar-refractivity contribution >= 4 is 47.1 Å². The molecule has 0 heterocycles. The number of hydrogen-bond donors (Lipinski definition) is 5. The Hall–Kier alpha value is -2.46. The molecule has 0 atom stereocenters. The molecule has 10 heteroatoms. The number of hydrazone groups is 2. The Labute approximate surface area is 131 Å². The number of aromatic hydroxyl groups is 1. The van der Waals surface area contributed by atoms with Gasteiger partial charge in [-0.3, -0.25) is 10.9 Å². The summed E-state index contributed by atoms with van der Waals surface area (Å²) in [6, 6.07) is 3.13. The highest BCUT2D eigenvalue weighted by molar-refractivity contribution is 7.80. The fraction of sp³-hybridized carbons (Fsp3) is 0.0909. The number of phenolic OH excluding ortho intramolecular Hbond substituents is 1. The summed E-state index contributed by atoms with van der Waals surface area (Å²) in [6.07, 6.45) is 2.83. The molecule has 112 valence electrons. The zero-order valence-corrected chi connectivity index (χ0v) is 12.7. The van der Waals surface area contributed by atoms with E-state index in [4.69, 9.17) is 16.2 Å². The van der Waals surface area contributed by atoms with Crippen molar-refractivity contribution in [3.05, 3.63) is 23.3 Å². The number of methoxy groups -OCH3 is 1. The van der Waals surface area contributed by atoms with E-state index in [-0.39, 0.29) is 21.7 Å². The molecular formula is C11H14N6O2S2. The third kappa shape index (κ3) is 5.58. The molecule has 21 heavy (non-hydrogen) atoms. The number of ether oxygens (including phenoxy) is 1. The number of rotatable bonds is 5. The Morgan fingerprint density at radius 1 is 1.19 bits per heavy atom. The van der Waals surface area contributed by atoms with Crippen LogP contribution in [0, 0.1) is 0 Å². The van der Waals surface area contributed by atoms with Gasteiger partial charge in [-0.25, -0.2) is 0 Å². The van der Waals surface area contributed by atoms with E-state index in [1.807, 2.05) is 0 Å². The second-order valence-corrected chi connectivity index (χ2v) is 4.51. The normalized spacial score (nSPS) is 10.7. The molecule has 0 aliphatic rings. The maximum atomic E-state index is 9.90. The Kier molecular flexibility index (Phi) is 6.30. The summed E-state index contributed by atoms with van der Waals surface area (Å²) in [7, 11) is 1.43. The third-order valence-corrected chi connectivity index (χ3v) is 2.27. The largest absolute Gasteiger partial charge is 0.504 e. The first kappa shape index (κ1) is 16.6. The van der Waals surface area contributed by atoms with Gasteiger partial charge in [0, 0.05) is 5.56 Å². The second kappa shape index (κ2) is 7.97. The summed E-state index contributed by atoms with van der Waals surface area (Å²) in [5.41, 5.74) is 16.4. The molecule has 0 aliphatic carbocycles. The first-order valence-electron chi connectivity index (χ1n) is 5.52. The van der Waals surface area contributed by atoms with Gasteiger partial charge in [-0.05, 0) is 42.1 Å². The van der Waals surface area contributed by atoms with Crippen molar-refractivity contribution in [3.8, 4) is 11.5 Å². The van der Waals surface area contributed by atoms with Crippen LogP contribution >= 0.6 is 24.4 Å². The molecule has 0 aromatic heterocycles. The van der Waals surface area contributed by atoms with Crippen LogP contribution in [0.5, 0.6) is 11.5 Å². The number of nitrogens with zero attached hydrogens (tertiary/aromatic N) is 2. The van der Waals surface area contributed by atoms with Gasteiger partial charge in [0.15, 0.2) is 21.7 Å². The molecule has 1 aromatic rings. The summed E-state index contributed by atoms with van der Waals surface area (Å²) >= 11 is 9.24. The van der Waals surface area contributed by atoms with E-state index in [0.717, 1.165) is 0 Å². The molecule has 0 saturated carbocycles. The van der Waals surface area contributed by atoms with E-state index in [1.54, 1.807) is 6.07 Å². The molecule has 0 fully saturated rings. The van der Waals surface area contributed by atoms with Gasteiger partial charge in [0.2, 0.25) is 0 Å². The third-order valence-electron chi connectivity index (χ3n) is 2.09. The first-order chi connectivity index (χ1) is 9.93. The number of benzene rings is 1. The number of hydrogen-bond acceptors (Lipinski definition) is 6. The Morgan fingerprint density at radius 3 is 2.29 bits per heavy atom.